The van der Waals surface area contributed by atoms with Crippen molar-refractivity contribution in [2.24, 2.45) is 0 Å². The van der Waals surface area contributed by atoms with Gasteiger partial charge in [-0.2, -0.15) is 4.39 Å². The van der Waals surface area contributed by atoms with Crippen LogP contribution in [0.15, 0.2) is 17.0 Å². The van der Waals surface area contributed by atoms with Crippen molar-refractivity contribution in [2.75, 3.05) is 20.6 Å². The zero-order chi connectivity index (χ0) is 16.4. The summed E-state index contributed by atoms with van der Waals surface area (Å²) in [5.41, 5.74) is -0.746. The van der Waals surface area contributed by atoms with Crippen LogP contribution < -0.4 is 4.72 Å². The maximum Gasteiger partial charge on any atom is 0.306 e. The van der Waals surface area contributed by atoms with Crippen LogP contribution in [-0.2, 0) is 10.0 Å². The lowest BCUT2D eigenvalue weighted by atomic mass is 10.2. The number of nitro benzene ring substituents is 1. The molecule has 1 aromatic rings. The van der Waals surface area contributed by atoms with E-state index in [1.54, 1.807) is 14.1 Å². The molecule has 1 atom stereocenters. The highest BCUT2D eigenvalue weighted by molar-refractivity contribution is 7.89. The highest BCUT2D eigenvalue weighted by Gasteiger charge is 2.24. The molecule has 21 heavy (non-hydrogen) atoms. The van der Waals surface area contributed by atoms with Crippen LogP contribution in [0, 0.1) is 22.9 Å². The molecule has 0 saturated heterocycles. The van der Waals surface area contributed by atoms with Gasteiger partial charge in [0.15, 0.2) is 0 Å². The SMILES string of the molecule is Cc1cc(F)c([N+](=O)[O-])cc1S(=O)(=O)NCC(C)N(C)C. The zero-order valence-corrected chi connectivity index (χ0v) is 13.1. The Hall–Kier alpha value is -1.58. The lowest BCUT2D eigenvalue weighted by Crippen LogP contribution is -2.38. The maximum atomic E-state index is 13.4. The summed E-state index contributed by atoms with van der Waals surface area (Å²) in [6.07, 6.45) is 0. The van der Waals surface area contributed by atoms with E-state index < -0.39 is 26.5 Å². The Morgan fingerprint density at radius 1 is 1.43 bits per heavy atom. The minimum Gasteiger partial charge on any atom is -0.305 e. The molecule has 0 bridgehead atoms. The lowest BCUT2D eigenvalue weighted by Gasteiger charge is -2.20. The number of nitrogens with zero attached hydrogens (tertiary/aromatic N) is 2. The molecule has 1 N–H and O–H groups in total. The van der Waals surface area contributed by atoms with Crippen molar-refractivity contribution in [3.8, 4) is 0 Å². The number of aryl methyl sites for hydroxylation is 1. The van der Waals surface area contributed by atoms with Gasteiger partial charge in [0, 0.05) is 18.7 Å². The molecule has 1 aromatic carbocycles. The minimum absolute atomic E-state index is 0.0597. The molecule has 0 aliphatic rings. The fraction of sp³-hybridized carbons (Fsp3) is 0.500. The van der Waals surface area contributed by atoms with E-state index in [9.17, 15) is 22.9 Å². The number of nitro groups is 1. The molecule has 0 spiro atoms. The molecule has 1 rings (SSSR count). The van der Waals surface area contributed by atoms with Crippen molar-refractivity contribution in [2.45, 2.75) is 24.8 Å². The number of benzene rings is 1. The van der Waals surface area contributed by atoms with Gasteiger partial charge in [0.2, 0.25) is 15.8 Å². The van der Waals surface area contributed by atoms with Crippen LogP contribution in [0.4, 0.5) is 10.1 Å². The average Bonchev–Trinajstić information content (AvgIpc) is 2.34. The molecule has 1 unspecified atom stereocenters. The van der Waals surface area contributed by atoms with Gasteiger partial charge in [-0.1, -0.05) is 0 Å². The van der Waals surface area contributed by atoms with Crippen LogP contribution in [0.3, 0.4) is 0 Å². The van der Waals surface area contributed by atoms with E-state index in [-0.39, 0.29) is 23.0 Å². The van der Waals surface area contributed by atoms with Gasteiger partial charge in [-0.15, -0.1) is 0 Å². The van der Waals surface area contributed by atoms with Gasteiger partial charge in [-0.05, 0) is 39.6 Å². The van der Waals surface area contributed by atoms with Gasteiger partial charge in [0.05, 0.1) is 9.82 Å². The molecule has 0 fully saturated rings. The summed E-state index contributed by atoms with van der Waals surface area (Å²) in [6.45, 7) is 3.35. The maximum absolute atomic E-state index is 13.4. The first-order chi connectivity index (χ1) is 9.56. The van der Waals surface area contributed by atoms with E-state index in [0.717, 1.165) is 12.1 Å². The third-order valence-electron chi connectivity index (χ3n) is 3.18. The van der Waals surface area contributed by atoms with E-state index in [1.807, 2.05) is 11.8 Å². The van der Waals surface area contributed by atoms with Crippen molar-refractivity contribution < 1.29 is 17.7 Å². The van der Waals surface area contributed by atoms with Gasteiger partial charge >= 0.3 is 5.69 Å². The van der Waals surface area contributed by atoms with Crippen LogP contribution in [0.2, 0.25) is 0 Å². The Morgan fingerprint density at radius 3 is 2.48 bits per heavy atom. The third-order valence-corrected chi connectivity index (χ3v) is 4.75. The molecule has 0 aliphatic carbocycles. The number of hydrogen-bond acceptors (Lipinski definition) is 5. The molecule has 0 aromatic heterocycles. The normalized spacial score (nSPS) is 13.4. The summed E-state index contributed by atoms with van der Waals surface area (Å²) in [5.74, 6) is -1.06. The molecule has 9 heteroatoms. The number of rotatable bonds is 6. The Morgan fingerprint density at radius 2 is 2.00 bits per heavy atom. The summed E-state index contributed by atoms with van der Waals surface area (Å²) in [5, 5.41) is 10.7. The van der Waals surface area contributed by atoms with Crippen LogP contribution >= 0.6 is 0 Å². The quantitative estimate of drug-likeness (QED) is 0.629. The molecule has 7 nitrogen and oxygen atoms in total. The van der Waals surface area contributed by atoms with E-state index in [2.05, 4.69) is 4.72 Å². The summed E-state index contributed by atoms with van der Waals surface area (Å²) in [4.78, 5) is 11.3. The predicted octanol–water partition coefficient (Wildman–Crippen LogP) is 1.27. The molecular weight excluding hydrogens is 301 g/mol. The number of halogens is 1. The summed E-state index contributed by atoms with van der Waals surface area (Å²) in [6, 6.07) is 1.53. The van der Waals surface area contributed by atoms with Crippen molar-refractivity contribution in [1.29, 1.82) is 0 Å². The average molecular weight is 319 g/mol. The van der Waals surface area contributed by atoms with E-state index >= 15 is 0 Å². The summed E-state index contributed by atoms with van der Waals surface area (Å²) >= 11 is 0. The molecule has 0 amide bonds. The molecule has 0 radical (unpaired) electrons. The predicted molar refractivity (Wildman–Crippen MR) is 76.1 cm³/mol. The van der Waals surface area contributed by atoms with Gasteiger partial charge < -0.3 is 4.90 Å². The lowest BCUT2D eigenvalue weighted by molar-refractivity contribution is -0.387. The fourth-order valence-corrected chi connectivity index (χ4v) is 2.93. The monoisotopic (exact) mass is 319 g/mol. The second kappa shape index (κ2) is 6.46. The summed E-state index contributed by atoms with van der Waals surface area (Å²) < 4.78 is 40.2. The first kappa shape index (κ1) is 17.5. The second-order valence-corrected chi connectivity index (χ2v) is 6.73. The highest BCUT2D eigenvalue weighted by atomic mass is 32.2. The van der Waals surface area contributed by atoms with E-state index in [4.69, 9.17) is 0 Å². The first-order valence-electron chi connectivity index (χ1n) is 6.17. The highest BCUT2D eigenvalue weighted by Crippen LogP contribution is 2.25. The smallest absolute Gasteiger partial charge is 0.305 e. The molecule has 0 aliphatic heterocycles. The number of sulfonamides is 1. The van der Waals surface area contributed by atoms with Gasteiger partial charge in [-0.3, -0.25) is 10.1 Å². The third kappa shape index (κ3) is 4.19. The van der Waals surface area contributed by atoms with Crippen LogP contribution in [0.1, 0.15) is 12.5 Å². The standard InChI is InChI=1S/C12H18FN3O4S/c1-8-5-10(13)11(16(17)18)6-12(8)21(19,20)14-7-9(2)15(3)4/h5-6,9,14H,7H2,1-4H3. The van der Waals surface area contributed by atoms with Gasteiger partial charge in [0.25, 0.3) is 0 Å². The van der Waals surface area contributed by atoms with Crippen LogP contribution in [-0.4, -0.2) is 44.9 Å². The number of nitrogens with one attached hydrogen (secondary N) is 1. The molecule has 0 saturated carbocycles. The topological polar surface area (TPSA) is 92.5 Å². The Labute approximate surface area is 123 Å². The van der Waals surface area contributed by atoms with Gasteiger partial charge in [0.1, 0.15) is 0 Å². The largest absolute Gasteiger partial charge is 0.306 e. The second-order valence-electron chi connectivity index (χ2n) is 4.99. The van der Waals surface area contributed by atoms with Crippen molar-refractivity contribution in [3.05, 3.63) is 33.6 Å². The molecule has 0 heterocycles. The van der Waals surface area contributed by atoms with Crippen molar-refractivity contribution >= 4 is 15.7 Å². The fourth-order valence-electron chi connectivity index (χ4n) is 1.56. The first-order valence-corrected chi connectivity index (χ1v) is 7.65. The zero-order valence-electron chi connectivity index (χ0n) is 12.3. The van der Waals surface area contributed by atoms with Crippen LogP contribution in [0.25, 0.3) is 0 Å². The number of hydrogen-bond donors (Lipinski definition) is 1. The minimum atomic E-state index is -3.94. The Bertz CT molecular complexity index is 646. The van der Waals surface area contributed by atoms with Crippen molar-refractivity contribution in [3.63, 3.8) is 0 Å². The Kier molecular flexibility index (Phi) is 5.37. The van der Waals surface area contributed by atoms with E-state index in [0.29, 0.717) is 0 Å². The number of likely N-dealkylation sites (N-methyl/N-ethyl adjacent to an activating group) is 1. The van der Waals surface area contributed by atoms with Crippen LogP contribution in [0.5, 0.6) is 0 Å². The molecular formula is C12H18FN3O4S. The van der Waals surface area contributed by atoms with Gasteiger partial charge in [-0.25, -0.2) is 13.1 Å². The summed E-state index contributed by atoms with van der Waals surface area (Å²) in [7, 11) is -0.343. The Balaban J connectivity index is 3.14. The molecule has 118 valence electrons. The van der Waals surface area contributed by atoms with Crippen molar-refractivity contribution in [1.82, 2.24) is 9.62 Å². The van der Waals surface area contributed by atoms with E-state index in [1.165, 1.54) is 6.92 Å².